The number of benzene rings is 1. The normalized spacial score (nSPS) is 20.1. The van der Waals surface area contributed by atoms with Crippen molar-refractivity contribution < 1.29 is 18.7 Å². The Kier molecular flexibility index (Phi) is 10.6. The smallest absolute Gasteiger partial charge is 0.305 e. The van der Waals surface area contributed by atoms with Crippen LogP contribution in [0.25, 0.3) is 6.08 Å². The zero-order valence-electron chi connectivity index (χ0n) is 20.6. The van der Waals surface area contributed by atoms with Crippen LogP contribution in [0.5, 0.6) is 0 Å². The Morgan fingerprint density at radius 1 is 1.22 bits per heavy atom. The minimum Gasteiger partial charge on any atom is -0.466 e. The topological polar surface area (TPSA) is 64.4 Å². The summed E-state index contributed by atoms with van der Waals surface area (Å²) in [5, 5.41) is 4.72. The number of piperidine rings is 1. The van der Waals surface area contributed by atoms with Gasteiger partial charge in [-0.05, 0) is 62.8 Å². The third kappa shape index (κ3) is 7.43. The molecule has 1 aliphatic heterocycles. The number of thiol groups is 1. The number of carbonyl (C=O) groups is 2. The van der Waals surface area contributed by atoms with Crippen LogP contribution in [0.15, 0.2) is 42.1 Å². The fourth-order valence-corrected chi connectivity index (χ4v) is 4.89. The predicted molar refractivity (Wildman–Crippen MR) is 144 cm³/mol. The summed E-state index contributed by atoms with van der Waals surface area (Å²) in [5.41, 5.74) is 2.38. The molecule has 0 radical (unpaired) electrons. The van der Waals surface area contributed by atoms with Gasteiger partial charge in [-0.25, -0.2) is 4.39 Å². The molecule has 1 saturated carbocycles. The number of likely N-dealkylation sites (tertiary alicyclic amines) is 1. The number of ketones is 1. The second kappa shape index (κ2) is 13.4. The van der Waals surface area contributed by atoms with Crippen molar-refractivity contribution in [3.63, 3.8) is 0 Å². The third-order valence-electron chi connectivity index (χ3n) is 6.64. The molecule has 36 heavy (non-hydrogen) atoms. The zero-order valence-corrected chi connectivity index (χ0v) is 22.4. The van der Waals surface area contributed by atoms with Crippen LogP contribution in [0.2, 0.25) is 0 Å². The van der Waals surface area contributed by atoms with Gasteiger partial charge in [0.2, 0.25) is 0 Å². The number of hydrogen-bond donors (Lipinski definition) is 1. The molecule has 1 aromatic carbocycles. The molecule has 2 fully saturated rings. The van der Waals surface area contributed by atoms with Gasteiger partial charge in [-0.3, -0.25) is 19.2 Å². The van der Waals surface area contributed by atoms with E-state index >= 15 is 0 Å². The van der Waals surface area contributed by atoms with E-state index in [-0.39, 0.29) is 41.1 Å². The minimum absolute atomic E-state index is 0. The minimum atomic E-state index is -0.565. The van der Waals surface area contributed by atoms with Crippen molar-refractivity contribution in [2.24, 2.45) is 5.92 Å². The fourth-order valence-electron chi connectivity index (χ4n) is 4.62. The van der Waals surface area contributed by atoms with Crippen molar-refractivity contribution in [1.82, 2.24) is 14.7 Å². The first kappa shape index (κ1) is 28.4. The molecule has 0 spiro atoms. The zero-order chi connectivity index (χ0) is 24.8. The van der Waals surface area contributed by atoms with E-state index in [0.29, 0.717) is 31.7 Å². The number of ether oxygens (including phenoxy) is 1. The van der Waals surface area contributed by atoms with E-state index in [1.165, 1.54) is 6.07 Å². The SMILES string of the molecule is CCOC(=O)CCCCn1ccc(/C=C2/CN(C(C(=O)C3CC3)c3ccccc3F)CCC2S)n1.Cl. The van der Waals surface area contributed by atoms with Crippen LogP contribution in [0, 0.1) is 11.7 Å². The Hall–Kier alpha value is -2.16. The Morgan fingerprint density at radius 3 is 2.72 bits per heavy atom. The van der Waals surface area contributed by atoms with Crippen molar-refractivity contribution >= 4 is 42.9 Å². The van der Waals surface area contributed by atoms with E-state index in [1.54, 1.807) is 18.2 Å². The van der Waals surface area contributed by atoms with E-state index < -0.39 is 6.04 Å². The van der Waals surface area contributed by atoms with Gasteiger partial charge < -0.3 is 4.74 Å². The maximum Gasteiger partial charge on any atom is 0.305 e. The molecule has 2 aliphatic rings. The number of halogens is 2. The lowest BCUT2D eigenvalue weighted by molar-refractivity contribution is -0.143. The van der Waals surface area contributed by atoms with Crippen molar-refractivity contribution in [2.75, 3.05) is 19.7 Å². The second-order valence-electron chi connectivity index (χ2n) is 9.36. The van der Waals surface area contributed by atoms with Gasteiger partial charge in [-0.15, -0.1) is 12.4 Å². The van der Waals surface area contributed by atoms with Crippen molar-refractivity contribution in [2.45, 2.75) is 63.3 Å². The molecule has 196 valence electrons. The number of unbranched alkanes of at least 4 members (excludes halogenated alkanes) is 1. The molecule has 0 N–H and O–H groups in total. The standard InChI is InChI=1S/C27H34FN3O3S.ClH/c1-2-34-25(32)9-5-6-14-31-16-12-21(29-31)17-20-18-30(15-13-24(20)35)26(27(33)19-10-11-19)22-7-3-4-8-23(22)28;/h3-4,7-8,12,16-17,19,24,26,35H,2,5-6,9-11,13-15,18H2,1H3;1H/b20-17-;. The van der Waals surface area contributed by atoms with E-state index in [9.17, 15) is 14.0 Å². The summed E-state index contributed by atoms with van der Waals surface area (Å²) in [6.45, 7) is 4.19. The van der Waals surface area contributed by atoms with Crippen molar-refractivity contribution in [1.29, 1.82) is 0 Å². The number of esters is 1. The number of rotatable bonds is 11. The van der Waals surface area contributed by atoms with E-state index in [4.69, 9.17) is 17.4 Å². The fraction of sp³-hybridized carbons (Fsp3) is 0.519. The molecule has 0 amide bonds. The highest BCUT2D eigenvalue weighted by Gasteiger charge is 2.40. The molecule has 1 aromatic heterocycles. The van der Waals surface area contributed by atoms with Crippen LogP contribution in [0.1, 0.15) is 62.7 Å². The van der Waals surface area contributed by atoms with Crippen LogP contribution < -0.4 is 0 Å². The van der Waals surface area contributed by atoms with Gasteiger partial charge in [0.15, 0.2) is 5.78 Å². The van der Waals surface area contributed by atoms with Gasteiger partial charge in [0.1, 0.15) is 5.82 Å². The highest BCUT2D eigenvalue weighted by Crippen LogP contribution is 2.39. The lowest BCUT2D eigenvalue weighted by Gasteiger charge is -2.37. The quantitative estimate of drug-likeness (QED) is 0.241. The largest absolute Gasteiger partial charge is 0.466 e. The molecule has 2 atom stereocenters. The molecule has 1 aliphatic carbocycles. The lowest BCUT2D eigenvalue weighted by Crippen LogP contribution is -2.42. The van der Waals surface area contributed by atoms with Crippen LogP contribution in [-0.2, 0) is 20.9 Å². The van der Waals surface area contributed by atoms with Gasteiger partial charge in [0, 0.05) is 49.0 Å². The van der Waals surface area contributed by atoms with E-state index in [0.717, 1.165) is 49.9 Å². The molecule has 4 rings (SSSR count). The average Bonchev–Trinajstić information content (AvgIpc) is 3.60. The summed E-state index contributed by atoms with van der Waals surface area (Å²) in [5.74, 6) is -0.319. The maximum atomic E-state index is 14.7. The molecule has 0 bridgehead atoms. The van der Waals surface area contributed by atoms with Gasteiger partial charge in [0.05, 0.1) is 18.3 Å². The number of nitrogens with zero attached hydrogens (tertiary/aromatic N) is 3. The first-order chi connectivity index (χ1) is 17.0. The third-order valence-corrected chi connectivity index (χ3v) is 7.23. The molecular weight excluding hydrogens is 501 g/mol. The van der Waals surface area contributed by atoms with Crippen LogP contribution in [-0.4, -0.2) is 51.4 Å². The first-order valence-electron chi connectivity index (χ1n) is 12.6. The Balaban J connectivity index is 0.00000361. The summed E-state index contributed by atoms with van der Waals surface area (Å²) < 4.78 is 21.6. The molecule has 2 unspecified atom stereocenters. The van der Waals surface area contributed by atoms with Crippen LogP contribution in [0.3, 0.4) is 0 Å². The van der Waals surface area contributed by atoms with Crippen molar-refractivity contribution in [3.05, 3.63) is 59.2 Å². The molecule has 2 heterocycles. The summed E-state index contributed by atoms with van der Waals surface area (Å²) in [6, 6.07) is 8.03. The summed E-state index contributed by atoms with van der Waals surface area (Å²) >= 11 is 4.79. The summed E-state index contributed by atoms with van der Waals surface area (Å²) in [6.07, 6.45) is 8.57. The predicted octanol–water partition coefficient (Wildman–Crippen LogP) is 5.29. The Labute approximate surface area is 224 Å². The van der Waals surface area contributed by atoms with Gasteiger partial charge in [-0.1, -0.05) is 18.2 Å². The highest BCUT2D eigenvalue weighted by molar-refractivity contribution is 7.81. The van der Waals surface area contributed by atoms with Gasteiger partial charge in [0.25, 0.3) is 0 Å². The van der Waals surface area contributed by atoms with E-state index in [2.05, 4.69) is 10.00 Å². The highest BCUT2D eigenvalue weighted by atomic mass is 35.5. The van der Waals surface area contributed by atoms with Crippen LogP contribution in [0.4, 0.5) is 4.39 Å². The molecule has 9 heteroatoms. The summed E-state index contributed by atoms with van der Waals surface area (Å²) in [7, 11) is 0. The second-order valence-corrected chi connectivity index (χ2v) is 9.98. The maximum absolute atomic E-state index is 14.7. The van der Waals surface area contributed by atoms with E-state index in [1.807, 2.05) is 29.9 Å². The van der Waals surface area contributed by atoms with Crippen molar-refractivity contribution in [3.8, 4) is 0 Å². The molecule has 1 saturated heterocycles. The first-order valence-corrected chi connectivity index (χ1v) is 13.1. The number of Topliss-reactive ketones (excluding diaryl/α,β-unsaturated/α-hetero) is 1. The Bertz CT molecular complexity index is 1070. The lowest BCUT2D eigenvalue weighted by atomic mass is 9.93. The van der Waals surface area contributed by atoms with Gasteiger partial charge in [-0.2, -0.15) is 17.7 Å². The number of hydrogen-bond acceptors (Lipinski definition) is 6. The number of aromatic nitrogens is 2. The Morgan fingerprint density at radius 2 is 2.00 bits per heavy atom. The monoisotopic (exact) mass is 535 g/mol. The molecule has 6 nitrogen and oxygen atoms in total. The van der Waals surface area contributed by atoms with Crippen LogP contribution >= 0.6 is 25.0 Å². The average molecular weight is 536 g/mol. The summed E-state index contributed by atoms with van der Waals surface area (Å²) in [4.78, 5) is 26.8. The van der Waals surface area contributed by atoms with Gasteiger partial charge >= 0.3 is 5.97 Å². The molecule has 2 aromatic rings. The number of carbonyl (C=O) groups excluding carboxylic acids is 2. The number of aryl methyl sites for hydroxylation is 1. The molecular formula is C27H35ClFN3O3S.